The van der Waals surface area contributed by atoms with Gasteiger partial charge in [0.1, 0.15) is 11.6 Å². The van der Waals surface area contributed by atoms with Crippen molar-refractivity contribution in [3.05, 3.63) is 46.5 Å². The topological polar surface area (TPSA) is 72.8 Å². The molecule has 0 spiro atoms. The minimum absolute atomic E-state index is 0.0392. The zero-order valence-corrected chi connectivity index (χ0v) is 12.9. The molecule has 1 unspecified atom stereocenters. The molecule has 2 rings (SSSR count). The molecule has 1 aliphatic heterocycles. The van der Waals surface area contributed by atoms with Gasteiger partial charge in [-0.05, 0) is 25.5 Å². The minimum atomic E-state index is -1.39. The van der Waals surface area contributed by atoms with Crippen LogP contribution in [0.5, 0.6) is 0 Å². The first-order valence-corrected chi connectivity index (χ1v) is 6.99. The van der Waals surface area contributed by atoms with Gasteiger partial charge in [0.15, 0.2) is 29.8 Å². The van der Waals surface area contributed by atoms with E-state index in [-0.39, 0.29) is 24.0 Å². The second kappa shape index (κ2) is 6.74. The summed E-state index contributed by atoms with van der Waals surface area (Å²) in [5.41, 5.74) is -0.392. The molecule has 0 radical (unpaired) electrons. The van der Waals surface area contributed by atoms with Crippen LogP contribution in [0.15, 0.2) is 23.5 Å². The summed E-state index contributed by atoms with van der Waals surface area (Å²) >= 11 is 0. The molecule has 1 aromatic rings. The number of hydrogen-bond donors (Lipinski definition) is 1. The molecule has 8 heteroatoms. The summed E-state index contributed by atoms with van der Waals surface area (Å²) in [6.45, 7) is 2.79. The number of hydrogen-bond acceptors (Lipinski definition) is 5. The van der Waals surface area contributed by atoms with Gasteiger partial charge in [0.25, 0.3) is 0 Å². The van der Waals surface area contributed by atoms with Gasteiger partial charge in [0.2, 0.25) is 5.78 Å². The van der Waals surface area contributed by atoms with E-state index >= 15 is 0 Å². The van der Waals surface area contributed by atoms with Crippen molar-refractivity contribution in [2.45, 2.75) is 32.2 Å². The van der Waals surface area contributed by atoms with Crippen molar-refractivity contribution in [2.24, 2.45) is 0 Å². The summed E-state index contributed by atoms with van der Waals surface area (Å²) in [7, 11) is 0. The molecule has 0 amide bonds. The Morgan fingerprint density at radius 1 is 1.29 bits per heavy atom. The Hall–Kier alpha value is -2.19. The third-order valence-corrected chi connectivity index (χ3v) is 3.49. The van der Waals surface area contributed by atoms with Gasteiger partial charge in [-0.15, -0.1) is 0 Å². The van der Waals surface area contributed by atoms with Gasteiger partial charge in [-0.2, -0.15) is 0 Å². The monoisotopic (exact) mass is 344 g/mol. The third kappa shape index (κ3) is 3.82. The van der Waals surface area contributed by atoms with E-state index in [1.165, 1.54) is 13.8 Å². The summed E-state index contributed by atoms with van der Waals surface area (Å²) < 4.78 is 50.5. The predicted molar refractivity (Wildman–Crippen MR) is 75.6 cm³/mol. The van der Waals surface area contributed by atoms with Crippen LogP contribution in [0.25, 0.3) is 0 Å². The molecule has 1 heterocycles. The molecule has 0 aliphatic carbocycles. The highest BCUT2D eigenvalue weighted by Gasteiger charge is 2.38. The summed E-state index contributed by atoms with van der Waals surface area (Å²) in [5.74, 6) is -6.32. The lowest BCUT2D eigenvalue weighted by Crippen LogP contribution is -2.46. The number of aliphatic hydroxyl groups excluding tert-OH is 1. The van der Waals surface area contributed by atoms with E-state index in [2.05, 4.69) is 0 Å². The highest BCUT2D eigenvalue weighted by Crippen LogP contribution is 2.29. The lowest BCUT2D eigenvalue weighted by atomic mass is 9.99. The average Bonchev–Trinajstić information content (AvgIpc) is 2.50. The molecule has 1 atom stereocenters. The number of halogens is 3. The molecule has 5 nitrogen and oxygen atoms in total. The first-order chi connectivity index (χ1) is 11.1. The number of Topliss-reactive ketones (excluding diaryl/α,β-unsaturated/α-hetero) is 1. The third-order valence-electron chi connectivity index (χ3n) is 3.49. The van der Waals surface area contributed by atoms with E-state index in [4.69, 9.17) is 9.47 Å². The number of aldehydes is 1. The Bertz CT molecular complexity index is 712. The van der Waals surface area contributed by atoms with Gasteiger partial charge in [0, 0.05) is 18.1 Å². The van der Waals surface area contributed by atoms with Crippen LogP contribution in [0.4, 0.5) is 13.2 Å². The number of allylic oxidation sites excluding steroid dienone is 1. The summed E-state index contributed by atoms with van der Waals surface area (Å²) in [6, 6.07) is 0.958. The van der Waals surface area contributed by atoms with Crippen molar-refractivity contribution in [1.29, 1.82) is 0 Å². The van der Waals surface area contributed by atoms with Crippen molar-refractivity contribution < 1.29 is 37.3 Å². The average molecular weight is 344 g/mol. The van der Waals surface area contributed by atoms with Crippen LogP contribution in [0.3, 0.4) is 0 Å². The van der Waals surface area contributed by atoms with Crippen LogP contribution in [-0.2, 0) is 25.5 Å². The van der Waals surface area contributed by atoms with Gasteiger partial charge >= 0.3 is 0 Å². The molecule has 130 valence electrons. The quantitative estimate of drug-likeness (QED) is 0.393. The van der Waals surface area contributed by atoms with Gasteiger partial charge in [-0.1, -0.05) is 0 Å². The van der Waals surface area contributed by atoms with Crippen LogP contribution in [0.2, 0.25) is 0 Å². The fourth-order valence-electron chi connectivity index (χ4n) is 2.24. The van der Waals surface area contributed by atoms with Crippen LogP contribution in [0, 0.1) is 17.5 Å². The maximum Gasteiger partial charge on any atom is 0.228 e. The summed E-state index contributed by atoms with van der Waals surface area (Å²) in [6.07, 6.45) is -1.87. The molecular weight excluding hydrogens is 329 g/mol. The van der Waals surface area contributed by atoms with E-state index in [0.29, 0.717) is 12.1 Å². The fraction of sp³-hybridized carbons (Fsp3) is 0.375. The Kier molecular flexibility index (Phi) is 5.10. The second-order valence-electron chi connectivity index (χ2n) is 5.71. The first-order valence-electron chi connectivity index (χ1n) is 6.99. The predicted octanol–water partition coefficient (Wildman–Crippen LogP) is 2.38. The fourth-order valence-corrected chi connectivity index (χ4v) is 2.24. The van der Waals surface area contributed by atoms with Crippen molar-refractivity contribution in [1.82, 2.24) is 0 Å². The number of carbonyl (C=O) groups is 2. The Balaban J connectivity index is 2.36. The van der Waals surface area contributed by atoms with Crippen molar-refractivity contribution in [3.63, 3.8) is 0 Å². The van der Waals surface area contributed by atoms with Gasteiger partial charge in [-0.25, -0.2) is 13.2 Å². The van der Waals surface area contributed by atoms with Gasteiger partial charge in [-0.3, -0.25) is 9.59 Å². The molecule has 24 heavy (non-hydrogen) atoms. The largest absolute Gasteiger partial charge is 0.512 e. The highest BCUT2D eigenvalue weighted by atomic mass is 19.2. The van der Waals surface area contributed by atoms with Gasteiger partial charge in [0.05, 0.1) is 6.61 Å². The molecular formula is C16H15F3O5. The standard InChI is InChI=1S/C16H15F3O5/c1-16(2)23-7-9(15(24-16)14(22)6-20)13(21)4-8-3-11(18)12(19)5-10(8)17/h3,5-6,15,21H,4,7H2,1-2H3. The SMILES string of the molecule is CC1(C)OCC(=C(O)Cc2cc(F)c(F)cc2F)C(C(=O)C=O)O1. The maximum absolute atomic E-state index is 13.7. The molecule has 1 N–H and O–H groups in total. The number of benzene rings is 1. The molecule has 0 bridgehead atoms. The molecule has 1 saturated heterocycles. The van der Waals surface area contributed by atoms with Crippen molar-refractivity contribution >= 4 is 12.1 Å². The zero-order valence-electron chi connectivity index (χ0n) is 12.9. The van der Waals surface area contributed by atoms with E-state index in [0.717, 1.165) is 0 Å². The number of aliphatic hydroxyl groups is 1. The Labute approximate surface area is 135 Å². The Morgan fingerprint density at radius 2 is 1.92 bits per heavy atom. The summed E-state index contributed by atoms with van der Waals surface area (Å²) in [5, 5.41) is 10.2. The van der Waals surface area contributed by atoms with E-state index in [9.17, 15) is 27.9 Å². The molecule has 0 saturated carbocycles. The smallest absolute Gasteiger partial charge is 0.228 e. The van der Waals surface area contributed by atoms with Crippen LogP contribution < -0.4 is 0 Å². The minimum Gasteiger partial charge on any atom is -0.512 e. The maximum atomic E-state index is 13.7. The van der Waals surface area contributed by atoms with Crippen LogP contribution in [0.1, 0.15) is 19.4 Å². The summed E-state index contributed by atoms with van der Waals surface area (Å²) in [4.78, 5) is 22.5. The molecule has 0 aromatic heterocycles. The lowest BCUT2D eigenvalue weighted by Gasteiger charge is -2.36. The van der Waals surface area contributed by atoms with Gasteiger partial charge < -0.3 is 14.6 Å². The highest BCUT2D eigenvalue weighted by molar-refractivity contribution is 6.28. The van der Waals surface area contributed by atoms with E-state index in [1.54, 1.807) is 0 Å². The normalized spacial score (nSPS) is 22.1. The van der Waals surface area contributed by atoms with E-state index < -0.39 is 47.3 Å². The zero-order chi connectivity index (χ0) is 18.1. The van der Waals surface area contributed by atoms with Crippen molar-refractivity contribution in [3.8, 4) is 0 Å². The van der Waals surface area contributed by atoms with Crippen molar-refractivity contribution in [2.75, 3.05) is 6.61 Å². The number of carbonyl (C=O) groups excluding carboxylic acids is 2. The Morgan fingerprint density at radius 3 is 2.54 bits per heavy atom. The number of rotatable bonds is 4. The lowest BCUT2D eigenvalue weighted by molar-refractivity contribution is -0.248. The second-order valence-corrected chi connectivity index (χ2v) is 5.71. The van der Waals surface area contributed by atoms with E-state index in [1.807, 2.05) is 0 Å². The number of ketones is 1. The van der Waals surface area contributed by atoms with Crippen LogP contribution >= 0.6 is 0 Å². The molecule has 1 aromatic carbocycles. The molecule has 1 fully saturated rings. The van der Waals surface area contributed by atoms with Crippen LogP contribution in [-0.4, -0.2) is 35.7 Å². The molecule has 1 aliphatic rings. The number of ether oxygens (including phenoxy) is 2. The first kappa shape index (κ1) is 18.2.